The molecule has 0 saturated heterocycles. The first-order valence-electron chi connectivity index (χ1n) is 7.80. The van der Waals surface area contributed by atoms with Gasteiger partial charge in [0.2, 0.25) is 0 Å². The van der Waals surface area contributed by atoms with Gasteiger partial charge in [0.25, 0.3) is 0 Å². The second kappa shape index (κ2) is 7.65. The lowest BCUT2D eigenvalue weighted by atomic mass is 9.97. The predicted octanol–water partition coefficient (Wildman–Crippen LogP) is 3.08. The number of aliphatic hydroxyl groups is 1. The lowest BCUT2D eigenvalue weighted by Crippen LogP contribution is -2.35. The number of benzene rings is 1. The van der Waals surface area contributed by atoms with Crippen molar-refractivity contribution in [2.45, 2.75) is 57.6 Å². The lowest BCUT2D eigenvalue weighted by Gasteiger charge is -2.19. The molecule has 2 rings (SSSR count). The van der Waals surface area contributed by atoms with Gasteiger partial charge in [-0.25, -0.2) is 0 Å². The summed E-state index contributed by atoms with van der Waals surface area (Å²) in [5.41, 5.74) is 1.31. The van der Waals surface area contributed by atoms with Gasteiger partial charge < -0.3 is 15.2 Å². The molecule has 1 unspecified atom stereocenters. The Morgan fingerprint density at radius 1 is 1.25 bits per heavy atom. The van der Waals surface area contributed by atoms with Crippen LogP contribution in [0.25, 0.3) is 0 Å². The number of hydrogen-bond donors (Lipinski definition) is 2. The number of nitrogens with one attached hydrogen (secondary N) is 1. The number of para-hydroxylation sites is 1. The Morgan fingerprint density at radius 3 is 2.65 bits per heavy atom. The number of rotatable bonds is 7. The van der Waals surface area contributed by atoms with Gasteiger partial charge >= 0.3 is 0 Å². The third kappa shape index (κ3) is 4.50. The highest BCUT2D eigenvalue weighted by Crippen LogP contribution is 2.38. The molecule has 1 atom stereocenters. The molecule has 20 heavy (non-hydrogen) atoms. The fourth-order valence-corrected chi connectivity index (χ4v) is 2.80. The van der Waals surface area contributed by atoms with E-state index in [0.29, 0.717) is 25.1 Å². The molecule has 0 aliphatic heterocycles. The zero-order chi connectivity index (χ0) is 14.4. The molecule has 3 nitrogen and oxygen atoms in total. The Labute approximate surface area is 122 Å². The summed E-state index contributed by atoms with van der Waals surface area (Å²) in [6, 6.07) is 8.67. The second-order valence-corrected chi connectivity index (χ2v) is 6.05. The highest BCUT2D eigenvalue weighted by atomic mass is 16.5. The van der Waals surface area contributed by atoms with Gasteiger partial charge in [-0.15, -0.1) is 0 Å². The van der Waals surface area contributed by atoms with Crippen LogP contribution in [0.15, 0.2) is 24.3 Å². The van der Waals surface area contributed by atoms with Gasteiger partial charge in [-0.05, 0) is 30.4 Å². The molecule has 0 bridgehead atoms. The van der Waals surface area contributed by atoms with E-state index in [9.17, 15) is 5.11 Å². The molecular weight excluding hydrogens is 250 g/mol. The second-order valence-electron chi connectivity index (χ2n) is 6.05. The molecule has 1 saturated carbocycles. The molecule has 0 heterocycles. The maximum absolute atomic E-state index is 9.93. The largest absolute Gasteiger partial charge is 0.491 e. The van der Waals surface area contributed by atoms with Crippen molar-refractivity contribution in [1.29, 1.82) is 0 Å². The summed E-state index contributed by atoms with van der Waals surface area (Å²) in [6.45, 7) is 5.07. The van der Waals surface area contributed by atoms with E-state index in [1.807, 2.05) is 12.1 Å². The first-order valence-corrected chi connectivity index (χ1v) is 7.80. The van der Waals surface area contributed by atoms with Crippen LogP contribution in [0.2, 0.25) is 0 Å². The quantitative estimate of drug-likeness (QED) is 0.805. The van der Waals surface area contributed by atoms with Gasteiger partial charge in [0, 0.05) is 12.6 Å². The summed E-state index contributed by atoms with van der Waals surface area (Å²) in [7, 11) is 0. The van der Waals surface area contributed by atoms with E-state index in [0.717, 1.165) is 5.75 Å². The maximum Gasteiger partial charge on any atom is 0.122 e. The van der Waals surface area contributed by atoms with E-state index in [2.05, 4.69) is 31.3 Å². The molecule has 2 N–H and O–H groups in total. The average molecular weight is 277 g/mol. The van der Waals surface area contributed by atoms with Crippen LogP contribution in [0.3, 0.4) is 0 Å². The molecule has 0 aromatic heterocycles. The Kier molecular flexibility index (Phi) is 5.86. The van der Waals surface area contributed by atoms with Crippen molar-refractivity contribution in [2.75, 3.05) is 13.2 Å². The molecule has 1 fully saturated rings. The van der Waals surface area contributed by atoms with E-state index < -0.39 is 6.10 Å². The zero-order valence-electron chi connectivity index (χ0n) is 12.6. The minimum absolute atomic E-state index is 0.351. The van der Waals surface area contributed by atoms with Crippen LogP contribution in [0.1, 0.15) is 51.0 Å². The van der Waals surface area contributed by atoms with E-state index >= 15 is 0 Å². The highest BCUT2D eigenvalue weighted by Gasteiger charge is 2.20. The Bertz CT molecular complexity index is 400. The molecule has 1 aliphatic carbocycles. The van der Waals surface area contributed by atoms with Crippen LogP contribution in [0.5, 0.6) is 5.75 Å². The summed E-state index contributed by atoms with van der Waals surface area (Å²) in [6.07, 6.45) is 4.70. The standard InChI is InChI=1S/C17H27NO2/c1-13(2)18-11-15(19)12-20-17-10-6-5-9-16(17)14-7-3-4-8-14/h5-6,9-10,13-15,18-19H,3-4,7-8,11-12H2,1-2H3. The van der Waals surface area contributed by atoms with Gasteiger partial charge in [0.05, 0.1) is 0 Å². The summed E-state index contributed by atoms with van der Waals surface area (Å²) in [5, 5.41) is 13.1. The van der Waals surface area contributed by atoms with Crippen molar-refractivity contribution in [3.8, 4) is 5.75 Å². The monoisotopic (exact) mass is 277 g/mol. The van der Waals surface area contributed by atoms with Crippen LogP contribution in [0.4, 0.5) is 0 Å². The summed E-state index contributed by atoms with van der Waals surface area (Å²) in [5.74, 6) is 1.58. The topological polar surface area (TPSA) is 41.5 Å². The minimum atomic E-state index is -0.464. The molecule has 1 aliphatic rings. The number of ether oxygens (including phenoxy) is 1. The number of aliphatic hydroxyl groups excluding tert-OH is 1. The third-order valence-corrected chi connectivity index (χ3v) is 3.91. The molecule has 1 aromatic carbocycles. The van der Waals surface area contributed by atoms with E-state index in [1.165, 1.54) is 31.2 Å². The first kappa shape index (κ1) is 15.3. The van der Waals surface area contributed by atoms with Gasteiger partial charge in [-0.1, -0.05) is 44.9 Å². The van der Waals surface area contributed by atoms with Crippen LogP contribution >= 0.6 is 0 Å². The van der Waals surface area contributed by atoms with Crippen LogP contribution < -0.4 is 10.1 Å². The lowest BCUT2D eigenvalue weighted by molar-refractivity contribution is 0.104. The highest BCUT2D eigenvalue weighted by molar-refractivity contribution is 5.36. The van der Waals surface area contributed by atoms with Crippen LogP contribution in [0, 0.1) is 0 Å². The summed E-state index contributed by atoms with van der Waals surface area (Å²) >= 11 is 0. The number of hydrogen-bond acceptors (Lipinski definition) is 3. The molecule has 0 spiro atoms. The smallest absolute Gasteiger partial charge is 0.122 e. The van der Waals surface area contributed by atoms with Gasteiger partial charge in [0.15, 0.2) is 0 Å². The summed E-state index contributed by atoms with van der Waals surface area (Å²) in [4.78, 5) is 0. The molecule has 0 radical (unpaired) electrons. The molecular formula is C17H27NO2. The molecule has 1 aromatic rings. The van der Waals surface area contributed by atoms with E-state index in [-0.39, 0.29) is 0 Å². The third-order valence-electron chi connectivity index (χ3n) is 3.91. The average Bonchev–Trinajstić information content (AvgIpc) is 2.97. The predicted molar refractivity (Wildman–Crippen MR) is 82.3 cm³/mol. The fourth-order valence-electron chi connectivity index (χ4n) is 2.80. The van der Waals surface area contributed by atoms with Gasteiger partial charge in [-0.3, -0.25) is 0 Å². The normalized spacial score (nSPS) is 17.6. The Hall–Kier alpha value is -1.06. The van der Waals surface area contributed by atoms with E-state index in [4.69, 9.17) is 4.74 Å². The minimum Gasteiger partial charge on any atom is -0.491 e. The molecule has 112 valence electrons. The first-order chi connectivity index (χ1) is 9.66. The Balaban J connectivity index is 1.89. The van der Waals surface area contributed by atoms with Crippen molar-refractivity contribution in [2.24, 2.45) is 0 Å². The van der Waals surface area contributed by atoms with Crippen molar-refractivity contribution < 1.29 is 9.84 Å². The maximum atomic E-state index is 9.93. The van der Waals surface area contributed by atoms with Gasteiger partial charge in [0.1, 0.15) is 18.5 Å². The van der Waals surface area contributed by atoms with Crippen LogP contribution in [-0.4, -0.2) is 30.4 Å². The van der Waals surface area contributed by atoms with Crippen molar-refractivity contribution in [1.82, 2.24) is 5.32 Å². The molecule has 0 amide bonds. The fraction of sp³-hybridized carbons (Fsp3) is 0.647. The zero-order valence-corrected chi connectivity index (χ0v) is 12.6. The molecule has 3 heteroatoms. The van der Waals surface area contributed by atoms with Crippen molar-refractivity contribution in [3.05, 3.63) is 29.8 Å². The van der Waals surface area contributed by atoms with Crippen molar-refractivity contribution in [3.63, 3.8) is 0 Å². The van der Waals surface area contributed by atoms with Crippen LogP contribution in [-0.2, 0) is 0 Å². The van der Waals surface area contributed by atoms with E-state index in [1.54, 1.807) is 0 Å². The Morgan fingerprint density at radius 2 is 1.95 bits per heavy atom. The summed E-state index contributed by atoms with van der Waals surface area (Å²) < 4.78 is 5.85. The van der Waals surface area contributed by atoms with Crippen molar-refractivity contribution >= 4 is 0 Å². The van der Waals surface area contributed by atoms with Gasteiger partial charge in [-0.2, -0.15) is 0 Å². The SMILES string of the molecule is CC(C)NCC(O)COc1ccccc1C1CCCC1.